The summed E-state index contributed by atoms with van der Waals surface area (Å²) in [5.74, 6) is 0.793. The summed E-state index contributed by atoms with van der Waals surface area (Å²) in [6.07, 6.45) is -3.13. The highest BCUT2D eigenvalue weighted by atomic mass is 35.5. The maximum absolute atomic E-state index is 13.2. The molecule has 4 rings (SSSR count). The monoisotopic (exact) mass is 448 g/mol. The van der Waals surface area contributed by atoms with Crippen molar-refractivity contribution in [1.82, 2.24) is 19.4 Å². The van der Waals surface area contributed by atoms with Crippen LogP contribution in [0.1, 0.15) is 11.1 Å². The molecule has 2 heterocycles. The second kappa shape index (κ2) is 8.36. The first-order valence-corrected chi connectivity index (χ1v) is 9.92. The standard InChI is InChI=1S/C22H20ClF3N4O/c1-29(10-14-4-3-5-16(8-14)31-2)11-15-6-7-18-17(9-15)19-20(21(23)28-13-27-19)30(18)12-22(24,25)26/h3-9,13H,10-12H2,1-2H3. The molecule has 4 aromatic rings. The molecule has 2 aromatic heterocycles. The SMILES string of the molecule is COc1cccc(CN(C)Cc2ccc3c(c2)c2ncnc(Cl)c2n3CC(F)(F)F)c1. The van der Waals surface area contributed by atoms with E-state index in [1.807, 2.05) is 43.4 Å². The van der Waals surface area contributed by atoms with E-state index in [1.165, 1.54) is 6.33 Å². The van der Waals surface area contributed by atoms with Gasteiger partial charge in [-0.3, -0.25) is 4.90 Å². The Balaban J connectivity index is 1.67. The zero-order chi connectivity index (χ0) is 22.2. The lowest BCUT2D eigenvalue weighted by Crippen LogP contribution is -2.18. The van der Waals surface area contributed by atoms with Gasteiger partial charge in [0.2, 0.25) is 0 Å². The van der Waals surface area contributed by atoms with Gasteiger partial charge in [0, 0.05) is 18.5 Å². The van der Waals surface area contributed by atoms with Crippen molar-refractivity contribution in [3.8, 4) is 5.75 Å². The molecule has 0 bridgehead atoms. The molecule has 0 spiro atoms. The normalized spacial score (nSPS) is 12.2. The Bertz CT molecular complexity index is 1240. The summed E-state index contributed by atoms with van der Waals surface area (Å²) in [4.78, 5) is 10.2. The summed E-state index contributed by atoms with van der Waals surface area (Å²) in [6.45, 7) is 0.145. The summed E-state index contributed by atoms with van der Waals surface area (Å²) < 4.78 is 46.0. The topological polar surface area (TPSA) is 43.2 Å². The highest BCUT2D eigenvalue weighted by Crippen LogP contribution is 2.34. The van der Waals surface area contributed by atoms with Gasteiger partial charge in [-0.25, -0.2) is 9.97 Å². The summed E-state index contributed by atoms with van der Waals surface area (Å²) in [5, 5.41) is 0.623. The smallest absolute Gasteiger partial charge is 0.406 e. The third-order valence-electron chi connectivity index (χ3n) is 5.03. The fourth-order valence-corrected chi connectivity index (χ4v) is 4.05. The number of hydrogen-bond donors (Lipinski definition) is 0. The Labute approximate surface area is 182 Å². The molecule has 0 fully saturated rings. The Morgan fingerprint density at radius 1 is 1.06 bits per heavy atom. The van der Waals surface area contributed by atoms with E-state index in [2.05, 4.69) is 14.9 Å². The molecule has 0 aliphatic heterocycles. The number of ether oxygens (including phenoxy) is 1. The number of benzene rings is 2. The van der Waals surface area contributed by atoms with Gasteiger partial charge < -0.3 is 9.30 Å². The Hall–Kier alpha value is -2.84. The van der Waals surface area contributed by atoms with E-state index >= 15 is 0 Å². The van der Waals surface area contributed by atoms with Crippen LogP contribution in [-0.4, -0.2) is 39.8 Å². The lowest BCUT2D eigenvalue weighted by molar-refractivity contribution is -0.139. The summed E-state index contributed by atoms with van der Waals surface area (Å²) in [5.41, 5.74) is 3.09. The van der Waals surface area contributed by atoms with Crippen molar-refractivity contribution >= 4 is 33.5 Å². The van der Waals surface area contributed by atoms with E-state index in [0.29, 0.717) is 29.5 Å². The molecule has 0 saturated carbocycles. The predicted molar refractivity (Wildman–Crippen MR) is 114 cm³/mol. The molecule has 162 valence electrons. The van der Waals surface area contributed by atoms with Crippen molar-refractivity contribution in [2.24, 2.45) is 0 Å². The van der Waals surface area contributed by atoms with Crippen LogP contribution in [0.4, 0.5) is 13.2 Å². The van der Waals surface area contributed by atoms with Crippen LogP contribution in [0.5, 0.6) is 5.75 Å². The Kier molecular flexibility index (Phi) is 5.77. The molecule has 2 aromatic carbocycles. The first-order valence-electron chi connectivity index (χ1n) is 9.55. The molecule has 9 heteroatoms. The molecule has 0 unspecified atom stereocenters. The van der Waals surface area contributed by atoms with Crippen LogP contribution in [0.25, 0.3) is 21.9 Å². The third-order valence-corrected chi connectivity index (χ3v) is 5.31. The molecule has 5 nitrogen and oxygen atoms in total. The molecular weight excluding hydrogens is 429 g/mol. The van der Waals surface area contributed by atoms with Gasteiger partial charge in [0.25, 0.3) is 0 Å². The van der Waals surface area contributed by atoms with Gasteiger partial charge in [-0.05, 0) is 42.4 Å². The second-order valence-electron chi connectivity index (χ2n) is 7.44. The zero-order valence-electron chi connectivity index (χ0n) is 16.9. The zero-order valence-corrected chi connectivity index (χ0v) is 17.7. The van der Waals surface area contributed by atoms with Crippen LogP contribution in [0.15, 0.2) is 48.8 Å². The van der Waals surface area contributed by atoms with Crippen LogP contribution < -0.4 is 4.74 Å². The fourth-order valence-electron chi connectivity index (χ4n) is 3.81. The number of alkyl halides is 3. The molecule has 0 radical (unpaired) electrons. The summed E-state index contributed by atoms with van der Waals surface area (Å²) in [6, 6.07) is 13.2. The Morgan fingerprint density at radius 2 is 1.81 bits per heavy atom. The highest BCUT2D eigenvalue weighted by molar-refractivity contribution is 6.34. The first kappa shape index (κ1) is 21.4. The van der Waals surface area contributed by atoms with Gasteiger partial charge in [0.1, 0.15) is 29.7 Å². The van der Waals surface area contributed by atoms with Crippen LogP contribution in [-0.2, 0) is 19.6 Å². The minimum atomic E-state index is -4.40. The molecule has 0 amide bonds. The van der Waals surface area contributed by atoms with Gasteiger partial charge in [-0.1, -0.05) is 29.8 Å². The largest absolute Gasteiger partial charge is 0.497 e. The third kappa shape index (κ3) is 4.60. The quantitative estimate of drug-likeness (QED) is 0.368. The fraction of sp³-hybridized carbons (Fsp3) is 0.273. The van der Waals surface area contributed by atoms with Crippen LogP contribution >= 0.6 is 11.6 Å². The Morgan fingerprint density at radius 3 is 2.52 bits per heavy atom. The highest BCUT2D eigenvalue weighted by Gasteiger charge is 2.30. The van der Waals surface area contributed by atoms with Crippen molar-refractivity contribution in [3.05, 3.63) is 65.1 Å². The number of fused-ring (bicyclic) bond motifs is 3. The lowest BCUT2D eigenvalue weighted by Gasteiger charge is -2.17. The minimum absolute atomic E-state index is 0.00198. The molecular formula is C22H20ClF3N4O. The summed E-state index contributed by atoms with van der Waals surface area (Å²) in [7, 11) is 3.61. The van der Waals surface area contributed by atoms with Crippen molar-refractivity contribution < 1.29 is 17.9 Å². The maximum atomic E-state index is 13.2. The average Bonchev–Trinajstić information content (AvgIpc) is 3.01. The van der Waals surface area contributed by atoms with Crippen molar-refractivity contribution in [2.45, 2.75) is 25.8 Å². The van der Waals surface area contributed by atoms with Crippen molar-refractivity contribution in [3.63, 3.8) is 0 Å². The van der Waals surface area contributed by atoms with E-state index in [4.69, 9.17) is 16.3 Å². The van der Waals surface area contributed by atoms with Gasteiger partial charge in [0.15, 0.2) is 5.15 Å². The molecule has 0 aliphatic carbocycles. The van der Waals surface area contributed by atoms with Gasteiger partial charge >= 0.3 is 6.18 Å². The van der Waals surface area contributed by atoms with Crippen molar-refractivity contribution in [2.75, 3.05) is 14.2 Å². The van der Waals surface area contributed by atoms with Gasteiger partial charge in [0.05, 0.1) is 12.6 Å². The molecule has 0 saturated heterocycles. The summed E-state index contributed by atoms with van der Waals surface area (Å²) >= 11 is 6.14. The first-order chi connectivity index (χ1) is 14.7. The molecule has 0 aliphatic rings. The number of nitrogens with zero attached hydrogens (tertiary/aromatic N) is 4. The molecule has 31 heavy (non-hydrogen) atoms. The molecule has 0 N–H and O–H groups in total. The molecule has 0 atom stereocenters. The number of halogens is 4. The second-order valence-corrected chi connectivity index (χ2v) is 7.80. The van der Waals surface area contributed by atoms with Gasteiger partial charge in [-0.2, -0.15) is 13.2 Å². The van der Waals surface area contributed by atoms with E-state index in [0.717, 1.165) is 21.4 Å². The number of aromatic nitrogens is 3. The lowest BCUT2D eigenvalue weighted by atomic mass is 10.1. The van der Waals surface area contributed by atoms with Crippen LogP contribution in [0.3, 0.4) is 0 Å². The minimum Gasteiger partial charge on any atom is -0.497 e. The van der Waals surface area contributed by atoms with E-state index in [9.17, 15) is 13.2 Å². The van der Waals surface area contributed by atoms with Crippen LogP contribution in [0, 0.1) is 0 Å². The predicted octanol–water partition coefficient (Wildman–Crippen LogP) is 5.44. The van der Waals surface area contributed by atoms with Crippen LogP contribution in [0.2, 0.25) is 5.15 Å². The number of methoxy groups -OCH3 is 1. The van der Waals surface area contributed by atoms with Crippen molar-refractivity contribution in [1.29, 1.82) is 0 Å². The maximum Gasteiger partial charge on any atom is 0.406 e. The van der Waals surface area contributed by atoms with Gasteiger partial charge in [-0.15, -0.1) is 0 Å². The number of rotatable bonds is 6. The number of hydrogen-bond acceptors (Lipinski definition) is 4. The van der Waals surface area contributed by atoms with E-state index in [1.54, 1.807) is 13.2 Å². The van der Waals surface area contributed by atoms with E-state index < -0.39 is 12.7 Å². The average molecular weight is 449 g/mol. The van der Waals surface area contributed by atoms with E-state index in [-0.39, 0.29) is 10.7 Å².